The average molecular weight is 543 g/mol. The number of hydrogen-bond acceptors (Lipinski definition) is 5. The van der Waals surface area contributed by atoms with Gasteiger partial charge in [-0.2, -0.15) is 0 Å². The number of benzene rings is 3. The molecule has 0 spiro atoms. The smallest absolute Gasteiger partial charge is 0.304 e. The van der Waals surface area contributed by atoms with E-state index >= 15 is 4.39 Å². The van der Waals surface area contributed by atoms with E-state index < -0.39 is 12.1 Å². The zero-order chi connectivity index (χ0) is 28.7. The Hall–Kier alpha value is -4.13. The lowest BCUT2D eigenvalue weighted by molar-refractivity contribution is -0.137. The summed E-state index contributed by atoms with van der Waals surface area (Å²) in [6, 6.07) is 13.1. The number of nitrogens with zero attached hydrogens (tertiary/aromatic N) is 1. The third-order valence-electron chi connectivity index (χ3n) is 8.03. The van der Waals surface area contributed by atoms with Crippen molar-refractivity contribution in [2.75, 3.05) is 13.7 Å². The van der Waals surface area contributed by atoms with Gasteiger partial charge in [0, 0.05) is 47.1 Å². The number of aryl methyl sites for hydroxylation is 2. The molecule has 3 N–H and O–H groups in total. The van der Waals surface area contributed by atoms with Crippen LogP contribution in [0.25, 0.3) is 16.7 Å². The van der Waals surface area contributed by atoms with Crippen molar-refractivity contribution in [3.63, 3.8) is 0 Å². The van der Waals surface area contributed by atoms with Crippen molar-refractivity contribution in [1.82, 2.24) is 0 Å². The largest absolute Gasteiger partial charge is 0.492 e. The van der Waals surface area contributed by atoms with E-state index in [-0.39, 0.29) is 18.2 Å². The van der Waals surface area contributed by atoms with E-state index in [4.69, 9.17) is 20.3 Å². The van der Waals surface area contributed by atoms with Crippen LogP contribution in [0.4, 0.5) is 4.39 Å². The molecule has 1 heterocycles. The minimum absolute atomic E-state index is 0.0201. The van der Waals surface area contributed by atoms with Crippen molar-refractivity contribution < 1.29 is 23.8 Å². The van der Waals surface area contributed by atoms with Crippen LogP contribution in [0.5, 0.6) is 11.5 Å². The highest BCUT2D eigenvalue weighted by molar-refractivity contribution is 6.23. The van der Waals surface area contributed by atoms with Crippen molar-refractivity contribution in [2.45, 2.75) is 59.0 Å². The number of nitrogens with two attached hydrogens (primary N) is 1. The van der Waals surface area contributed by atoms with Gasteiger partial charge in [0.15, 0.2) is 0 Å². The Balaban J connectivity index is 1.48. The van der Waals surface area contributed by atoms with Gasteiger partial charge < -0.3 is 20.3 Å². The molecule has 2 aliphatic rings. The second kappa shape index (κ2) is 10.8. The maximum absolute atomic E-state index is 15.3. The summed E-state index contributed by atoms with van der Waals surface area (Å²) in [5, 5.41) is 9.17. The summed E-state index contributed by atoms with van der Waals surface area (Å²) in [5.41, 5.74) is 16.5. The molecule has 208 valence electrons. The number of rotatable bonds is 7. The van der Waals surface area contributed by atoms with Crippen LogP contribution >= 0.6 is 0 Å². The predicted molar refractivity (Wildman–Crippen MR) is 156 cm³/mol. The number of carboxylic acid groups (broad SMARTS) is 1. The van der Waals surface area contributed by atoms with E-state index in [0.717, 1.165) is 50.2 Å². The van der Waals surface area contributed by atoms with Gasteiger partial charge in [0.1, 0.15) is 23.4 Å². The predicted octanol–water partition coefficient (Wildman–Crippen LogP) is 6.91. The molecule has 7 heteroatoms. The average Bonchev–Trinajstić information content (AvgIpc) is 3.49. The van der Waals surface area contributed by atoms with Gasteiger partial charge in [-0.25, -0.2) is 4.39 Å². The number of hydrogen-bond donors (Lipinski definition) is 2. The van der Waals surface area contributed by atoms with Crippen molar-refractivity contribution in [1.29, 1.82) is 0 Å². The molecular formula is C33H35FN2O4. The highest BCUT2D eigenvalue weighted by atomic mass is 19.1. The summed E-state index contributed by atoms with van der Waals surface area (Å²) >= 11 is 0. The molecule has 0 aromatic heterocycles. The summed E-state index contributed by atoms with van der Waals surface area (Å²) in [6.07, 6.45) is 0.947. The number of ether oxygens (including phenoxy) is 2. The molecule has 2 atom stereocenters. The minimum Gasteiger partial charge on any atom is -0.492 e. The third kappa shape index (κ3) is 4.96. The van der Waals surface area contributed by atoms with Gasteiger partial charge in [-0.3, -0.25) is 9.79 Å². The van der Waals surface area contributed by atoms with Gasteiger partial charge in [0.25, 0.3) is 0 Å². The number of aliphatic carboxylic acids is 1. The number of aliphatic imine (C=N–C) groups is 1. The Kier molecular flexibility index (Phi) is 7.41. The van der Waals surface area contributed by atoms with Crippen molar-refractivity contribution in [2.24, 2.45) is 10.7 Å². The molecule has 40 heavy (non-hydrogen) atoms. The van der Waals surface area contributed by atoms with Crippen LogP contribution in [0.1, 0.15) is 72.1 Å². The van der Waals surface area contributed by atoms with Crippen LogP contribution in [0, 0.1) is 19.7 Å². The topological polar surface area (TPSA) is 94.1 Å². The second-order valence-corrected chi connectivity index (χ2v) is 10.8. The molecule has 6 nitrogen and oxygen atoms in total. The Bertz CT molecular complexity index is 1550. The molecule has 0 bridgehead atoms. The zero-order valence-corrected chi connectivity index (χ0v) is 23.6. The van der Waals surface area contributed by atoms with E-state index in [2.05, 4.69) is 31.0 Å². The van der Waals surface area contributed by atoms with Crippen LogP contribution in [0.3, 0.4) is 0 Å². The second-order valence-electron chi connectivity index (χ2n) is 10.8. The molecule has 0 saturated carbocycles. The monoisotopic (exact) mass is 542 g/mol. The van der Waals surface area contributed by atoms with E-state index in [9.17, 15) is 4.79 Å². The number of carboxylic acids is 1. The molecule has 0 fully saturated rings. The van der Waals surface area contributed by atoms with Crippen LogP contribution in [0.15, 0.2) is 53.2 Å². The Morgan fingerprint density at radius 1 is 1.15 bits per heavy atom. The Morgan fingerprint density at radius 2 is 1.88 bits per heavy atom. The summed E-state index contributed by atoms with van der Waals surface area (Å²) in [6.45, 7) is 8.33. The van der Waals surface area contributed by atoms with Gasteiger partial charge in [0.05, 0.1) is 13.0 Å². The maximum atomic E-state index is 15.3. The lowest BCUT2D eigenvalue weighted by Gasteiger charge is -2.20. The first-order valence-corrected chi connectivity index (χ1v) is 13.6. The fraction of sp³-hybridized carbons (Fsp3) is 0.333. The first-order chi connectivity index (χ1) is 19.1. The number of allylic oxidation sites excluding steroid dienone is 2. The molecule has 0 radical (unpaired) electrons. The van der Waals surface area contributed by atoms with Crippen molar-refractivity contribution in [3.8, 4) is 22.6 Å². The maximum Gasteiger partial charge on any atom is 0.304 e. The van der Waals surface area contributed by atoms with E-state index in [0.29, 0.717) is 42.2 Å². The SMILES string of the molecule is CN=C(C)/C(=C(/C)N)c1cc(C)c(-c2ccc(F)c3c2CC[C@H]3Oc2ccc3c(c2)OC[C@H]3CC(=O)O)c(C)c1. The summed E-state index contributed by atoms with van der Waals surface area (Å²) in [4.78, 5) is 15.5. The number of halogens is 1. The van der Waals surface area contributed by atoms with Gasteiger partial charge in [-0.15, -0.1) is 0 Å². The summed E-state index contributed by atoms with van der Waals surface area (Å²) < 4.78 is 27.4. The molecule has 5 rings (SSSR count). The van der Waals surface area contributed by atoms with Gasteiger partial charge in [0.2, 0.25) is 0 Å². The molecule has 0 unspecified atom stereocenters. The van der Waals surface area contributed by atoms with Crippen molar-refractivity contribution >= 4 is 17.3 Å². The zero-order valence-electron chi connectivity index (χ0n) is 23.6. The van der Waals surface area contributed by atoms with E-state index in [1.54, 1.807) is 13.1 Å². The summed E-state index contributed by atoms with van der Waals surface area (Å²) in [5.74, 6) is -0.0893. The minimum atomic E-state index is -0.855. The lowest BCUT2D eigenvalue weighted by Crippen LogP contribution is -2.08. The van der Waals surface area contributed by atoms with E-state index in [1.165, 1.54) is 6.07 Å². The Labute approximate surface area is 234 Å². The van der Waals surface area contributed by atoms with Gasteiger partial charge in [-0.1, -0.05) is 24.3 Å². The summed E-state index contributed by atoms with van der Waals surface area (Å²) in [7, 11) is 1.76. The molecule has 1 aliphatic carbocycles. The fourth-order valence-corrected chi connectivity index (χ4v) is 6.27. The van der Waals surface area contributed by atoms with Gasteiger partial charge >= 0.3 is 5.97 Å². The first-order valence-electron chi connectivity index (χ1n) is 13.6. The fourth-order valence-electron chi connectivity index (χ4n) is 6.27. The third-order valence-corrected chi connectivity index (χ3v) is 8.03. The molecule has 3 aromatic carbocycles. The highest BCUT2D eigenvalue weighted by Gasteiger charge is 2.32. The molecule has 0 saturated heterocycles. The van der Waals surface area contributed by atoms with Crippen molar-refractivity contribution in [3.05, 3.63) is 87.4 Å². The standard InChI is InChI=1S/C33H35FN2O4/c1-17-12-21(32(19(3)35)20(4)36-5)13-18(2)31(17)25-8-10-27(34)33-26(25)9-11-28(33)40-23-6-7-24-22(14-30(37)38)16-39-29(24)15-23/h6-8,10,12-13,15,22,28H,9,11,14,16,35H2,1-5H3,(H,37,38)/b32-19+,36-20?/t22-,28-/m1/s1. The highest BCUT2D eigenvalue weighted by Crippen LogP contribution is 2.45. The molecular weight excluding hydrogens is 507 g/mol. The quantitative estimate of drug-likeness (QED) is 0.317. The van der Waals surface area contributed by atoms with Crippen LogP contribution in [0.2, 0.25) is 0 Å². The first kappa shape index (κ1) is 27.4. The van der Waals surface area contributed by atoms with Crippen LogP contribution < -0.4 is 15.2 Å². The lowest BCUT2D eigenvalue weighted by atomic mass is 9.87. The molecule has 0 amide bonds. The van der Waals surface area contributed by atoms with Crippen LogP contribution in [-0.4, -0.2) is 30.4 Å². The number of fused-ring (bicyclic) bond motifs is 2. The Morgan fingerprint density at radius 3 is 2.52 bits per heavy atom. The molecule has 1 aliphatic heterocycles. The number of carbonyl (C=O) groups is 1. The normalized spacial score (nSPS) is 18.6. The van der Waals surface area contributed by atoms with Gasteiger partial charge in [-0.05, 0) is 86.1 Å². The van der Waals surface area contributed by atoms with E-state index in [1.807, 2.05) is 32.0 Å². The molecule has 3 aromatic rings. The van der Waals surface area contributed by atoms with Crippen LogP contribution in [-0.2, 0) is 11.2 Å².